The molecule has 1 N–H and O–H groups in total. The van der Waals surface area contributed by atoms with Gasteiger partial charge in [0.25, 0.3) is 0 Å². The minimum Gasteiger partial charge on any atom is -0.478 e. The van der Waals surface area contributed by atoms with E-state index in [1.807, 2.05) is 4.90 Å². The third-order valence-corrected chi connectivity index (χ3v) is 4.91. The first kappa shape index (κ1) is 24.1. The van der Waals surface area contributed by atoms with Gasteiger partial charge < -0.3 is 19.5 Å². The van der Waals surface area contributed by atoms with Crippen LogP contribution in [0.2, 0.25) is 5.02 Å². The molecule has 0 radical (unpaired) electrons. The van der Waals surface area contributed by atoms with Crippen LogP contribution in [0.15, 0.2) is 18.2 Å². The summed E-state index contributed by atoms with van der Waals surface area (Å²) < 4.78 is 47.8. The van der Waals surface area contributed by atoms with E-state index in [0.717, 1.165) is 6.92 Å². The number of benzene rings is 1. The molecule has 1 amide bonds. The van der Waals surface area contributed by atoms with Crippen LogP contribution in [0, 0.1) is 0 Å². The average Bonchev–Trinajstić information content (AvgIpc) is 2.63. The minimum absolute atomic E-state index is 0.202. The van der Waals surface area contributed by atoms with Crippen molar-refractivity contribution in [3.8, 4) is 5.75 Å². The van der Waals surface area contributed by atoms with Crippen molar-refractivity contribution in [2.45, 2.75) is 45.2 Å². The van der Waals surface area contributed by atoms with Crippen molar-refractivity contribution in [2.24, 2.45) is 0 Å². The zero-order valence-electron chi connectivity index (χ0n) is 16.8. The van der Waals surface area contributed by atoms with Crippen LogP contribution < -0.4 is 4.74 Å². The molecule has 0 saturated carbocycles. The van der Waals surface area contributed by atoms with Crippen LogP contribution in [0.25, 0.3) is 0 Å². The van der Waals surface area contributed by atoms with Crippen molar-refractivity contribution >= 4 is 23.7 Å². The number of carbonyl (C=O) groups is 2. The van der Waals surface area contributed by atoms with Crippen LogP contribution in [-0.2, 0) is 16.1 Å². The van der Waals surface area contributed by atoms with Crippen LogP contribution in [0.4, 0.5) is 18.0 Å². The van der Waals surface area contributed by atoms with Gasteiger partial charge in [-0.1, -0.05) is 17.7 Å². The number of carboxylic acids is 1. The third kappa shape index (κ3) is 6.40. The number of hydrogen-bond acceptors (Lipinski definition) is 5. The second kappa shape index (κ2) is 9.30. The van der Waals surface area contributed by atoms with Gasteiger partial charge in [-0.25, -0.2) is 9.59 Å². The Morgan fingerprint density at radius 3 is 2.33 bits per heavy atom. The van der Waals surface area contributed by atoms with Crippen LogP contribution in [0.1, 0.15) is 26.3 Å². The minimum atomic E-state index is -4.60. The number of aliphatic carboxylic acids is 1. The summed E-state index contributed by atoms with van der Waals surface area (Å²) in [5.74, 6) is -0.802. The van der Waals surface area contributed by atoms with Crippen molar-refractivity contribution < 1.29 is 37.3 Å². The molecule has 30 heavy (non-hydrogen) atoms. The maximum absolute atomic E-state index is 12.6. The summed E-state index contributed by atoms with van der Waals surface area (Å²) in [4.78, 5) is 26.5. The summed E-state index contributed by atoms with van der Waals surface area (Å²) in [6.45, 7) is 5.24. The number of halogens is 4. The highest BCUT2D eigenvalue weighted by molar-refractivity contribution is 6.30. The van der Waals surface area contributed by atoms with E-state index < -0.39 is 29.9 Å². The smallest absolute Gasteiger partial charge is 0.425 e. The van der Waals surface area contributed by atoms with E-state index in [-0.39, 0.29) is 13.1 Å². The molecule has 1 unspecified atom stereocenters. The summed E-state index contributed by atoms with van der Waals surface area (Å²) in [6.07, 6.45) is -7.78. The number of ether oxygens (including phenoxy) is 2. The van der Waals surface area contributed by atoms with E-state index in [2.05, 4.69) is 4.74 Å². The predicted octanol–water partition coefficient (Wildman–Crippen LogP) is 3.79. The topological polar surface area (TPSA) is 79.3 Å². The molecular formula is C19H24ClF3N2O5. The molecule has 1 aromatic carbocycles. The maximum atomic E-state index is 12.6. The number of alkyl halides is 3. The molecule has 7 nitrogen and oxygen atoms in total. The first-order chi connectivity index (χ1) is 13.8. The van der Waals surface area contributed by atoms with Gasteiger partial charge in [-0.2, -0.15) is 13.2 Å². The highest BCUT2D eigenvalue weighted by atomic mass is 35.5. The SMILES string of the molecule is CC(OC(=O)N1CCN(Cc2ccc(Cl)cc2OC(C)(C)C(=O)O)CC1)C(F)(F)F. The van der Waals surface area contributed by atoms with Crippen molar-refractivity contribution in [2.75, 3.05) is 26.2 Å². The highest BCUT2D eigenvalue weighted by Crippen LogP contribution is 2.29. The average molecular weight is 453 g/mol. The van der Waals surface area contributed by atoms with Gasteiger partial charge in [-0.05, 0) is 32.9 Å². The lowest BCUT2D eigenvalue weighted by Gasteiger charge is -2.35. The standard InChI is InChI=1S/C19H24ClF3N2O5/c1-12(19(21,22)23)29-17(28)25-8-6-24(7-9-25)11-13-4-5-14(20)10-15(13)30-18(2,3)16(26)27/h4-5,10,12H,6-9,11H2,1-3H3,(H,26,27). The van der Waals surface area contributed by atoms with Crippen molar-refractivity contribution in [1.29, 1.82) is 0 Å². The molecule has 168 valence electrons. The molecule has 1 aliphatic heterocycles. The van der Waals surface area contributed by atoms with E-state index in [0.29, 0.717) is 36.0 Å². The molecule has 0 aromatic heterocycles. The summed E-state index contributed by atoms with van der Waals surface area (Å²) in [5, 5.41) is 9.68. The fourth-order valence-corrected chi connectivity index (χ4v) is 2.86. The fourth-order valence-electron chi connectivity index (χ4n) is 2.69. The zero-order valence-corrected chi connectivity index (χ0v) is 17.6. The van der Waals surface area contributed by atoms with Gasteiger partial charge in [0.2, 0.25) is 0 Å². The summed E-state index contributed by atoms with van der Waals surface area (Å²) >= 11 is 6.02. The largest absolute Gasteiger partial charge is 0.478 e. The molecule has 1 aromatic rings. The Morgan fingerprint density at radius 2 is 1.80 bits per heavy atom. The van der Waals surface area contributed by atoms with Crippen LogP contribution in [-0.4, -0.2) is 71.0 Å². The lowest BCUT2D eigenvalue weighted by atomic mass is 10.1. The Hall–Kier alpha value is -2.20. The highest BCUT2D eigenvalue weighted by Gasteiger charge is 2.40. The zero-order chi connectivity index (χ0) is 22.7. The van der Waals surface area contributed by atoms with E-state index in [1.54, 1.807) is 12.1 Å². The first-order valence-electron chi connectivity index (χ1n) is 9.25. The lowest BCUT2D eigenvalue weighted by molar-refractivity contribution is -0.200. The Kier molecular flexibility index (Phi) is 7.46. The van der Waals surface area contributed by atoms with Crippen LogP contribution in [0.3, 0.4) is 0 Å². The summed E-state index contributed by atoms with van der Waals surface area (Å²) in [6, 6.07) is 4.92. The molecule has 1 aliphatic rings. The van der Waals surface area contributed by atoms with Gasteiger partial charge in [0.05, 0.1) is 0 Å². The molecule has 11 heteroatoms. The molecule has 1 atom stereocenters. The van der Waals surface area contributed by atoms with Gasteiger partial charge in [0, 0.05) is 43.3 Å². The fraction of sp³-hybridized carbons (Fsp3) is 0.579. The number of carboxylic acid groups (broad SMARTS) is 1. The van der Waals surface area contributed by atoms with E-state index >= 15 is 0 Å². The first-order valence-corrected chi connectivity index (χ1v) is 9.63. The Morgan fingerprint density at radius 1 is 1.20 bits per heavy atom. The number of piperazine rings is 1. The Bertz CT molecular complexity index is 780. The quantitative estimate of drug-likeness (QED) is 0.707. The van der Waals surface area contributed by atoms with Crippen molar-refractivity contribution in [3.05, 3.63) is 28.8 Å². The van der Waals surface area contributed by atoms with Gasteiger partial charge in [0.15, 0.2) is 11.7 Å². The number of carbonyl (C=O) groups excluding carboxylic acids is 1. The molecule has 0 aliphatic carbocycles. The number of amides is 1. The van der Waals surface area contributed by atoms with Gasteiger partial charge in [-0.3, -0.25) is 4.90 Å². The van der Waals surface area contributed by atoms with Gasteiger partial charge in [-0.15, -0.1) is 0 Å². The summed E-state index contributed by atoms with van der Waals surface area (Å²) in [5.41, 5.74) is -0.757. The second-order valence-corrected chi connectivity index (χ2v) is 7.94. The molecular weight excluding hydrogens is 429 g/mol. The Labute approximate surface area is 177 Å². The molecule has 2 rings (SSSR count). The molecule has 1 heterocycles. The van der Waals surface area contributed by atoms with Crippen molar-refractivity contribution in [3.63, 3.8) is 0 Å². The molecule has 0 spiro atoms. The number of rotatable bonds is 6. The molecule has 0 bridgehead atoms. The second-order valence-electron chi connectivity index (χ2n) is 7.50. The third-order valence-electron chi connectivity index (χ3n) is 4.67. The van der Waals surface area contributed by atoms with Crippen LogP contribution in [0.5, 0.6) is 5.75 Å². The maximum Gasteiger partial charge on any atom is 0.425 e. The van der Waals surface area contributed by atoms with E-state index in [4.69, 9.17) is 16.3 Å². The van der Waals surface area contributed by atoms with Crippen LogP contribution >= 0.6 is 11.6 Å². The molecule has 1 fully saturated rings. The lowest BCUT2D eigenvalue weighted by Crippen LogP contribution is -2.49. The monoisotopic (exact) mass is 452 g/mol. The predicted molar refractivity (Wildman–Crippen MR) is 103 cm³/mol. The van der Waals surface area contributed by atoms with Gasteiger partial charge >= 0.3 is 18.2 Å². The van der Waals surface area contributed by atoms with E-state index in [9.17, 15) is 27.9 Å². The summed E-state index contributed by atoms with van der Waals surface area (Å²) in [7, 11) is 0. The van der Waals surface area contributed by atoms with Gasteiger partial charge in [0.1, 0.15) is 5.75 Å². The number of nitrogens with zero attached hydrogens (tertiary/aromatic N) is 2. The molecule has 1 saturated heterocycles. The van der Waals surface area contributed by atoms with Crippen molar-refractivity contribution in [1.82, 2.24) is 9.80 Å². The Balaban J connectivity index is 1.98. The normalized spacial score (nSPS) is 16.8. The number of hydrogen-bond donors (Lipinski definition) is 1. The van der Waals surface area contributed by atoms with E-state index in [1.165, 1.54) is 24.8 Å².